The van der Waals surface area contributed by atoms with Crippen LogP contribution in [0, 0.1) is 5.41 Å². The normalized spacial score (nSPS) is 11.6. The molecule has 0 aromatic heterocycles. The molecule has 1 aromatic carbocycles. The molecular formula is C15H25NO2. The van der Waals surface area contributed by atoms with Crippen molar-refractivity contribution in [3.63, 3.8) is 0 Å². The number of nitrogens with two attached hydrogens (primary N) is 1. The zero-order chi connectivity index (χ0) is 13.4. The van der Waals surface area contributed by atoms with Crippen molar-refractivity contribution >= 4 is 0 Å². The van der Waals surface area contributed by atoms with Crippen LogP contribution in [0.15, 0.2) is 24.3 Å². The first kappa shape index (κ1) is 15.0. The van der Waals surface area contributed by atoms with Crippen molar-refractivity contribution in [1.82, 2.24) is 0 Å². The van der Waals surface area contributed by atoms with Crippen molar-refractivity contribution in [3.8, 4) is 5.75 Å². The van der Waals surface area contributed by atoms with Gasteiger partial charge < -0.3 is 15.6 Å². The van der Waals surface area contributed by atoms with E-state index in [-0.39, 0.29) is 12.0 Å². The van der Waals surface area contributed by atoms with Gasteiger partial charge >= 0.3 is 0 Å². The Bertz CT molecular complexity index is 350. The highest BCUT2D eigenvalue weighted by molar-refractivity contribution is 5.32. The van der Waals surface area contributed by atoms with Crippen LogP contribution in [0.5, 0.6) is 5.75 Å². The molecule has 0 amide bonds. The van der Waals surface area contributed by atoms with Gasteiger partial charge in [-0.25, -0.2) is 0 Å². The van der Waals surface area contributed by atoms with Crippen LogP contribution in [0.1, 0.15) is 38.7 Å². The average molecular weight is 251 g/mol. The lowest BCUT2D eigenvalue weighted by molar-refractivity contribution is 0.254. The number of para-hydroxylation sites is 1. The van der Waals surface area contributed by atoms with Gasteiger partial charge in [0.25, 0.3) is 0 Å². The first-order chi connectivity index (χ1) is 8.59. The van der Waals surface area contributed by atoms with E-state index in [9.17, 15) is 0 Å². The molecule has 0 heterocycles. The number of ether oxygens (including phenoxy) is 1. The number of aliphatic hydroxyl groups excluding tert-OH is 1. The average Bonchev–Trinajstić information content (AvgIpc) is 2.38. The predicted molar refractivity (Wildman–Crippen MR) is 74.5 cm³/mol. The van der Waals surface area contributed by atoms with Crippen LogP contribution >= 0.6 is 0 Å². The van der Waals surface area contributed by atoms with Gasteiger partial charge in [0.2, 0.25) is 0 Å². The largest absolute Gasteiger partial charge is 0.493 e. The van der Waals surface area contributed by atoms with E-state index in [0.717, 1.165) is 37.1 Å². The standard InChI is InChI=1S/C15H25NO2/c1-15(2,12-16)9-5-6-10-18-14-8-4-3-7-13(14)11-17/h3-4,7-8,17H,5-6,9-12,16H2,1-2H3. The number of aliphatic hydroxyl groups is 1. The summed E-state index contributed by atoms with van der Waals surface area (Å²) in [5.74, 6) is 0.790. The first-order valence-electron chi connectivity index (χ1n) is 6.61. The molecule has 0 bridgehead atoms. The Morgan fingerprint density at radius 1 is 1.22 bits per heavy atom. The topological polar surface area (TPSA) is 55.5 Å². The fraction of sp³-hybridized carbons (Fsp3) is 0.600. The van der Waals surface area contributed by atoms with Crippen LogP contribution in [0.2, 0.25) is 0 Å². The van der Waals surface area contributed by atoms with Crippen LogP contribution in [0.3, 0.4) is 0 Å². The summed E-state index contributed by atoms with van der Waals surface area (Å²) in [7, 11) is 0. The maximum atomic E-state index is 9.17. The Hall–Kier alpha value is -1.06. The van der Waals surface area contributed by atoms with Crippen LogP contribution in [-0.2, 0) is 6.61 Å². The van der Waals surface area contributed by atoms with Gasteiger partial charge in [0.15, 0.2) is 0 Å². The molecule has 3 N–H and O–H groups in total. The van der Waals surface area contributed by atoms with Gasteiger partial charge in [-0.15, -0.1) is 0 Å². The molecule has 1 rings (SSSR count). The SMILES string of the molecule is CC(C)(CN)CCCCOc1ccccc1CO. The highest BCUT2D eigenvalue weighted by Crippen LogP contribution is 2.22. The van der Waals surface area contributed by atoms with E-state index in [1.165, 1.54) is 0 Å². The van der Waals surface area contributed by atoms with E-state index in [2.05, 4.69) is 13.8 Å². The third kappa shape index (κ3) is 5.07. The summed E-state index contributed by atoms with van der Waals surface area (Å²) < 4.78 is 5.69. The van der Waals surface area contributed by atoms with Gasteiger partial charge in [0, 0.05) is 5.56 Å². The van der Waals surface area contributed by atoms with Crippen molar-refractivity contribution in [2.75, 3.05) is 13.2 Å². The third-order valence-electron chi connectivity index (χ3n) is 3.20. The highest BCUT2D eigenvalue weighted by atomic mass is 16.5. The minimum Gasteiger partial charge on any atom is -0.493 e. The second-order valence-corrected chi connectivity index (χ2v) is 5.44. The second kappa shape index (κ2) is 7.39. The molecule has 0 saturated carbocycles. The van der Waals surface area contributed by atoms with Crippen LogP contribution in [0.4, 0.5) is 0 Å². The van der Waals surface area contributed by atoms with E-state index in [1.807, 2.05) is 24.3 Å². The maximum absolute atomic E-state index is 9.17. The number of hydrogen-bond acceptors (Lipinski definition) is 3. The number of unbranched alkanes of at least 4 members (excludes halogenated alkanes) is 1. The summed E-state index contributed by atoms with van der Waals surface area (Å²) >= 11 is 0. The van der Waals surface area contributed by atoms with Crippen LogP contribution in [-0.4, -0.2) is 18.3 Å². The molecule has 0 unspecified atom stereocenters. The molecule has 0 aliphatic carbocycles. The summed E-state index contributed by atoms with van der Waals surface area (Å²) in [5, 5.41) is 9.17. The van der Waals surface area contributed by atoms with Gasteiger partial charge in [-0.3, -0.25) is 0 Å². The molecule has 0 radical (unpaired) electrons. The molecule has 18 heavy (non-hydrogen) atoms. The van der Waals surface area contributed by atoms with Crippen molar-refractivity contribution in [2.24, 2.45) is 11.1 Å². The summed E-state index contributed by atoms with van der Waals surface area (Å²) in [4.78, 5) is 0. The zero-order valence-corrected chi connectivity index (χ0v) is 11.5. The van der Waals surface area contributed by atoms with Crippen molar-refractivity contribution in [1.29, 1.82) is 0 Å². The first-order valence-corrected chi connectivity index (χ1v) is 6.61. The van der Waals surface area contributed by atoms with E-state index in [0.29, 0.717) is 6.61 Å². The fourth-order valence-corrected chi connectivity index (χ4v) is 1.77. The molecule has 0 fully saturated rings. The summed E-state index contributed by atoms with van der Waals surface area (Å²) in [6.07, 6.45) is 3.25. The molecule has 1 aromatic rings. The van der Waals surface area contributed by atoms with Crippen molar-refractivity contribution in [3.05, 3.63) is 29.8 Å². The molecule has 0 saturated heterocycles. The minimum atomic E-state index is 0.0242. The molecule has 0 aliphatic heterocycles. The minimum absolute atomic E-state index is 0.0242. The van der Waals surface area contributed by atoms with E-state index >= 15 is 0 Å². The summed E-state index contributed by atoms with van der Waals surface area (Å²) in [6, 6.07) is 7.61. The van der Waals surface area contributed by atoms with Gasteiger partial charge in [0.1, 0.15) is 5.75 Å². The van der Waals surface area contributed by atoms with Gasteiger partial charge in [0.05, 0.1) is 13.2 Å². The Balaban J connectivity index is 2.26. The van der Waals surface area contributed by atoms with E-state index in [1.54, 1.807) is 0 Å². The molecule has 0 spiro atoms. The van der Waals surface area contributed by atoms with Crippen LogP contribution < -0.4 is 10.5 Å². The monoisotopic (exact) mass is 251 g/mol. The van der Waals surface area contributed by atoms with Crippen LogP contribution in [0.25, 0.3) is 0 Å². The quantitative estimate of drug-likeness (QED) is 0.698. The lowest BCUT2D eigenvalue weighted by atomic mass is 9.87. The smallest absolute Gasteiger partial charge is 0.124 e. The lowest BCUT2D eigenvalue weighted by Crippen LogP contribution is -2.23. The Kier molecular flexibility index (Phi) is 6.16. The molecule has 0 atom stereocenters. The Morgan fingerprint density at radius 3 is 2.61 bits per heavy atom. The van der Waals surface area contributed by atoms with E-state index < -0.39 is 0 Å². The van der Waals surface area contributed by atoms with Gasteiger partial charge in [-0.1, -0.05) is 32.0 Å². The molecule has 102 valence electrons. The van der Waals surface area contributed by atoms with Gasteiger partial charge in [-0.2, -0.15) is 0 Å². The number of rotatable bonds is 8. The lowest BCUT2D eigenvalue weighted by Gasteiger charge is -2.21. The third-order valence-corrected chi connectivity index (χ3v) is 3.20. The number of hydrogen-bond donors (Lipinski definition) is 2. The zero-order valence-electron chi connectivity index (χ0n) is 11.5. The Morgan fingerprint density at radius 2 is 1.94 bits per heavy atom. The van der Waals surface area contributed by atoms with Crippen molar-refractivity contribution < 1.29 is 9.84 Å². The molecule has 3 heteroatoms. The number of benzene rings is 1. The fourth-order valence-electron chi connectivity index (χ4n) is 1.77. The second-order valence-electron chi connectivity index (χ2n) is 5.44. The summed E-state index contributed by atoms with van der Waals surface area (Å²) in [5.41, 5.74) is 6.76. The Labute approximate surface area is 110 Å². The molecular weight excluding hydrogens is 226 g/mol. The van der Waals surface area contributed by atoms with E-state index in [4.69, 9.17) is 15.6 Å². The molecule has 0 aliphatic rings. The predicted octanol–water partition coefficient (Wildman–Crippen LogP) is 2.71. The summed E-state index contributed by atoms with van der Waals surface area (Å²) in [6.45, 7) is 5.82. The van der Waals surface area contributed by atoms with Gasteiger partial charge in [-0.05, 0) is 37.3 Å². The molecule has 3 nitrogen and oxygen atoms in total. The maximum Gasteiger partial charge on any atom is 0.124 e. The van der Waals surface area contributed by atoms with Crippen molar-refractivity contribution in [2.45, 2.75) is 39.7 Å². The highest BCUT2D eigenvalue weighted by Gasteiger charge is 2.14.